The largest absolute Gasteiger partial charge is 0.385 e. The molecule has 33 heavy (non-hydrogen) atoms. The van der Waals surface area contributed by atoms with Crippen LogP contribution in [0.3, 0.4) is 0 Å². The van der Waals surface area contributed by atoms with Gasteiger partial charge in [0.2, 0.25) is 0 Å². The van der Waals surface area contributed by atoms with Gasteiger partial charge >= 0.3 is 5.69 Å². The summed E-state index contributed by atoms with van der Waals surface area (Å²) in [5, 5.41) is 14.2. The minimum atomic E-state index is -1.45. The van der Waals surface area contributed by atoms with E-state index in [0.717, 1.165) is 45.1 Å². The lowest BCUT2D eigenvalue weighted by Gasteiger charge is -2.21. The number of hydrogen-bond donors (Lipinski definition) is 2. The van der Waals surface area contributed by atoms with Gasteiger partial charge < -0.3 is 14.6 Å². The molecule has 0 radical (unpaired) electrons. The summed E-state index contributed by atoms with van der Waals surface area (Å²) in [6, 6.07) is -0.809. The van der Waals surface area contributed by atoms with Crippen LogP contribution >= 0.6 is 0 Å². The summed E-state index contributed by atoms with van der Waals surface area (Å²) < 4.78 is 12.0. The Hall–Kier alpha value is -2.46. The number of H-pyrrole nitrogens is 1. The fourth-order valence-corrected chi connectivity index (χ4v) is 4.05. The minimum absolute atomic E-state index is 0.106. The molecule has 1 saturated heterocycles. The SMILES string of the molecule is COCCCCCCCCCCC(=O)C(O)[C@H]1O[C@@H](n2cc(C)c(=O)[nH]c2=O)C[C@@H]1N=[N+]=[N-]. The summed E-state index contributed by atoms with van der Waals surface area (Å²) in [5.74, 6) is -0.372. The number of carbonyl (C=O) groups excluding carboxylic acids is 1. The smallest absolute Gasteiger partial charge is 0.330 e. The molecule has 0 saturated carbocycles. The van der Waals surface area contributed by atoms with E-state index in [2.05, 4.69) is 15.0 Å². The summed E-state index contributed by atoms with van der Waals surface area (Å²) in [5.41, 5.74) is 8.02. The molecule has 1 aliphatic rings. The summed E-state index contributed by atoms with van der Waals surface area (Å²) in [6.45, 7) is 2.35. The molecule has 0 amide bonds. The van der Waals surface area contributed by atoms with E-state index >= 15 is 0 Å². The summed E-state index contributed by atoms with van der Waals surface area (Å²) in [4.78, 5) is 41.3. The van der Waals surface area contributed by atoms with Crippen molar-refractivity contribution in [1.82, 2.24) is 9.55 Å². The molecule has 2 rings (SSSR count). The maximum atomic E-state index is 12.5. The number of carbonyl (C=O) groups is 1. The zero-order chi connectivity index (χ0) is 24.2. The van der Waals surface area contributed by atoms with E-state index in [1.54, 1.807) is 14.0 Å². The number of ether oxygens (including phenoxy) is 2. The van der Waals surface area contributed by atoms with Gasteiger partial charge in [0.15, 0.2) is 5.78 Å². The highest BCUT2D eigenvalue weighted by Gasteiger charge is 2.42. The first-order valence-electron chi connectivity index (χ1n) is 11.6. The molecule has 1 unspecified atom stereocenters. The number of aliphatic hydroxyl groups excluding tert-OH is 1. The molecule has 1 aliphatic heterocycles. The van der Waals surface area contributed by atoms with Crippen molar-refractivity contribution >= 4 is 5.78 Å². The van der Waals surface area contributed by atoms with Gasteiger partial charge in [0.1, 0.15) is 18.4 Å². The molecular formula is C22H35N5O6. The molecule has 1 aromatic rings. The van der Waals surface area contributed by atoms with Crippen LogP contribution in [0.4, 0.5) is 0 Å². The van der Waals surface area contributed by atoms with Crippen LogP contribution in [0, 0.1) is 6.92 Å². The summed E-state index contributed by atoms with van der Waals surface area (Å²) in [6.07, 6.45) is 6.61. The number of Topliss-reactive ketones (excluding diaryl/α,β-unsaturated/α-hetero) is 1. The molecule has 0 aromatic carbocycles. The van der Waals surface area contributed by atoms with Gasteiger partial charge in [-0.3, -0.25) is 19.1 Å². The number of aryl methyl sites for hydroxylation is 1. The Balaban J connectivity index is 1.83. The molecule has 1 aromatic heterocycles. The number of aliphatic hydroxyl groups is 1. The van der Waals surface area contributed by atoms with Crippen LogP contribution in [0.2, 0.25) is 0 Å². The minimum Gasteiger partial charge on any atom is -0.385 e. The molecule has 2 heterocycles. The van der Waals surface area contributed by atoms with Gasteiger partial charge in [-0.25, -0.2) is 4.79 Å². The molecule has 0 spiro atoms. The van der Waals surface area contributed by atoms with Crippen LogP contribution in [0.25, 0.3) is 10.4 Å². The third-order valence-corrected chi connectivity index (χ3v) is 5.96. The van der Waals surface area contributed by atoms with E-state index in [-0.39, 0.29) is 18.6 Å². The predicted molar refractivity (Wildman–Crippen MR) is 122 cm³/mol. The third-order valence-electron chi connectivity index (χ3n) is 5.96. The number of nitrogens with zero attached hydrogens (tertiary/aromatic N) is 4. The summed E-state index contributed by atoms with van der Waals surface area (Å²) in [7, 11) is 1.71. The van der Waals surface area contributed by atoms with Crippen molar-refractivity contribution in [2.45, 2.75) is 95.6 Å². The molecule has 0 bridgehead atoms. The number of aromatic nitrogens is 2. The van der Waals surface area contributed by atoms with E-state index in [0.29, 0.717) is 12.0 Å². The zero-order valence-electron chi connectivity index (χ0n) is 19.4. The average Bonchev–Trinajstić information content (AvgIpc) is 3.20. The third kappa shape index (κ3) is 8.12. The zero-order valence-corrected chi connectivity index (χ0v) is 19.4. The van der Waals surface area contributed by atoms with Crippen LogP contribution in [-0.4, -0.2) is 52.4 Å². The van der Waals surface area contributed by atoms with E-state index < -0.39 is 35.7 Å². The van der Waals surface area contributed by atoms with Crippen LogP contribution in [0.5, 0.6) is 0 Å². The Bertz CT molecular complexity index is 923. The predicted octanol–water partition coefficient (Wildman–Crippen LogP) is 2.90. The van der Waals surface area contributed by atoms with Crippen molar-refractivity contribution in [3.8, 4) is 0 Å². The fraction of sp³-hybridized carbons (Fsp3) is 0.773. The number of unbranched alkanes of at least 4 members (excludes halogenated alkanes) is 7. The molecule has 2 N–H and O–H groups in total. The Morgan fingerprint density at radius 3 is 2.55 bits per heavy atom. The van der Waals surface area contributed by atoms with Crippen LogP contribution in [0.1, 0.15) is 76.0 Å². The van der Waals surface area contributed by atoms with Gasteiger partial charge in [-0.15, -0.1) is 0 Å². The van der Waals surface area contributed by atoms with Gasteiger partial charge in [0.05, 0.1) is 6.04 Å². The molecular weight excluding hydrogens is 430 g/mol. The van der Waals surface area contributed by atoms with Gasteiger partial charge in [0.25, 0.3) is 5.56 Å². The summed E-state index contributed by atoms with van der Waals surface area (Å²) >= 11 is 0. The number of aromatic amines is 1. The van der Waals surface area contributed by atoms with Crippen LogP contribution < -0.4 is 11.2 Å². The van der Waals surface area contributed by atoms with Gasteiger partial charge in [-0.1, -0.05) is 43.6 Å². The standard InChI is InChI=1S/C22H35N5O6/c1-15-14-27(22(31)24-21(15)30)18-13-16(25-26-23)20(33-18)19(29)17(28)11-9-7-5-3-4-6-8-10-12-32-2/h14,16,18-20,29H,3-13H2,1-2H3,(H,24,30,31)/t16-,18+,19?,20-/m0/s1. The van der Waals surface area contributed by atoms with E-state index in [4.69, 9.17) is 15.0 Å². The van der Waals surface area contributed by atoms with Gasteiger partial charge in [-0.2, -0.15) is 0 Å². The second kappa shape index (κ2) is 13.9. The van der Waals surface area contributed by atoms with Crippen molar-refractivity contribution in [2.24, 2.45) is 5.11 Å². The van der Waals surface area contributed by atoms with E-state index in [9.17, 15) is 19.5 Å². The molecule has 4 atom stereocenters. The molecule has 184 valence electrons. The first-order valence-corrected chi connectivity index (χ1v) is 11.6. The first kappa shape index (κ1) is 26.8. The van der Waals surface area contributed by atoms with Gasteiger partial charge in [-0.05, 0) is 25.3 Å². The molecule has 11 nitrogen and oxygen atoms in total. The lowest BCUT2D eigenvalue weighted by Crippen LogP contribution is -2.39. The van der Waals surface area contributed by atoms with Gasteiger partial charge in [0, 0.05) is 43.2 Å². The number of methoxy groups -OCH3 is 1. The van der Waals surface area contributed by atoms with Crippen molar-refractivity contribution in [3.63, 3.8) is 0 Å². The normalized spacial score (nSPS) is 21.0. The fourth-order valence-electron chi connectivity index (χ4n) is 4.05. The molecule has 1 fully saturated rings. The van der Waals surface area contributed by atoms with Crippen molar-refractivity contribution in [3.05, 3.63) is 43.0 Å². The Labute approximate surface area is 192 Å². The second-order valence-corrected chi connectivity index (χ2v) is 8.52. The van der Waals surface area contributed by atoms with Crippen LogP contribution in [-0.2, 0) is 14.3 Å². The number of hydrogen-bond acceptors (Lipinski definition) is 7. The Morgan fingerprint density at radius 1 is 1.27 bits per heavy atom. The molecule has 11 heteroatoms. The highest BCUT2D eigenvalue weighted by atomic mass is 16.5. The topological polar surface area (TPSA) is 159 Å². The number of azide groups is 1. The Morgan fingerprint density at radius 2 is 1.91 bits per heavy atom. The quantitative estimate of drug-likeness (QED) is 0.175. The van der Waals surface area contributed by atoms with Crippen LogP contribution in [0.15, 0.2) is 20.9 Å². The van der Waals surface area contributed by atoms with Crippen molar-refractivity contribution in [1.29, 1.82) is 0 Å². The maximum absolute atomic E-state index is 12.5. The second-order valence-electron chi connectivity index (χ2n) is 8.52. The lowest BCUT2D eigenvalue weighted by molar-refractivity contribution is -0.137. The highest BCUT2D eigenvalue weighted by molar-refractivity contribution is 5.83. The Kier molecular flexibility index (Phi) is 11.3. The lowest BCUT2D eigenvalue weighted by atomic mass is 9.98. The monoisotopic (exact) mass is 465 g/mol. The van der Waals surface area contributed by atoms with E-state index in [1.807, 2.05) is 0 Å². The maximum Gasteiger partial charge on any atom is 0.330 e. The number of rotatable bonds is 15. The van der Waals surface area contributed by atoms with Crippen molar-refractivity contribution < 1.29 is 19.4 Å². The first-order chi connectivity index (χ1) is 15.9. The molecule has 0 aliphatic carbocycles. The number of nitrogens with one attached hydrogen (secondary N) is 1. The number of ketones is 1. The van der Waals surface area contributed by atoms with E-state index in [1.165, 1.54) is 17.2 Å². The van der Waals surface area contributed by atoms with Crippen molar-refractivity contribution in [2.75, 3.05) is 13.7 Å². The average molecular weight is 466 g/mol. The highest BCUT2D eigenvalue weighted by Crippen LogP contribution is 2.32.